The van der Waals surface area contributed by atoms with Crippen molar-refractivity contribution in [1.82, 2.24) is 5.32 Å². The molecule has 0 saturated heterocycles. The van der Waals surface area contributed by atoms with E-state index >= 15 is 0 Å². The van der Waals surface area contributed by atoms with Gasteiger partial charge in [0.15, 0.2) is 0 Å². The van der Waals surface area contributed by atoms with Gasteiger partial charge >= 0.3 is 5.97 Å². The van der Waals surface area contributed by atoms with Gasteiger partial charge in [-0.1, -0.05) is 6.07 Å². The normalized spacial score (nSPS) is 11.9. The predicted molar refractivity (Wildman–Crippen MR) is 76.9 cm³/mol. The van der Waals surface area contributed by atoms with Crippen LogP contribution in [0.4, 0.5) is 0 Å². The summed E-state index contributed by atoms with van der Waals surface area (Å²) >= 11 is 0. The smallest absolute Gasteiger partial charge is 0.305 e. The van der Waals surface area contributed by atoms with Crippen molar-refractivity contribution in [3.63, 3.8) is 0 Å². The van der Waals surface area contributed by atoms with Crippen LogP contribution in [0.2, 0.25) is 0 Å². The minimum absolute atomic E-state index is 0.00287. The first-order chi connectivity index (χ1) is 9.58. The van der Waals surface area contributed by atoms with Gasteiger partial charge in [-0.05, 0) is 32.9 Å². The first kappa shape index (κ1) is 16.3. The van der Waals surface area contributed by atoms with Gasteiger partial charge in [-0.25, -0.2) is 0 Å². The second-order valence-corrected chi connectivity index (χ2v) is 4.51. The molecule has 0 aliphatic carbocycles. The van der Waals surface area contributed by atoms with Crippen molar-refractivity contribution in [2.24, 2.45) is 0 Å². The highest BCUT2D eigenvalue weighted by atomic mass is 16.5. The van der Waals surface area contributed by atoms with E-state index in [-0.39, 0.29) is 17.8 Å². The number of hydrogen-bond donors (Lipinski definition) is 2. The Morgan fingerprint density at radius 3 is 2.80 bits per heavy atom. The van der Waals surface area contributed by atoms with Gasteiger partial charge in [0.25, 0.3) is 0 Å². The van der Waals surface area contributed by atoms with Gasteiger partial charge in [0.05, 0.1) is 13.7 Å². The third kappa shape index (κ3) is 5.09. The van der Waals surface area contributed by atoms with Crippen molar-refractivity contribution in [2.45, 2.75) is 32.7 Å². The summed E-state index contributed by atoms with van der Waals surface area (Å²) in [6.45, 7) is 4.87. The summed E-state index contributed by atoms with van der Waals surface area (Å²) in [5.74, 6) is 0.657. The standard InChI is InChI=1S/C15H23NO4/c1-4-20-15(18)6-5-9-16-11(2)13-8-7-12(19-3)10-14(13)17/h7-8,10-11,16-17H,4-6,9H2,1-3H3. The molecule has 5 heteroatoms. The lowest BCUT2D eigenvalue weighted by Crippen LogP contribution is -2.21. The van der Waals surface area contributed by atoms with Gasteiger partial charge in [0, 0.05) is 24.1 Å². The topological polar surface area (TPSA) is 67.8 Å². The number of benzene rings is 1. The van der Waals surface area contributed by atoms with Gasteiger partial charge < -0.3 is 19.9 Å². The van der Waals surface area contributed by atoms with Crippen LogP contribution in [0.25, 0.3) is 0 Å². The number of methoxy groups -OCH3 is 1. The molecule has 0 heterocycles. The Hall–Kier alpha value is -1.75. The second-order valence-electron chi connectivity index (χ2n) is 4.51. The Labute approximate surface area is 119 Å². The van der Waals surface area contributed by atoms with Crippen LogP contribution < -0.4 is 10.1 Å². The zero-order valence-electron chi connectivity index (χ0n) is 12.3. The fraction of sp³-hybridized carbons (Fsp3) is 0.533. The lowest BCUT2D eigenvalue weighted by atomic mass is 10.1. The molecule has 1 rings (SSSR count). The fourth-order valence-corrected chi connectivity index (χ4v) is 1.91. The Morgan fingerprint density at radius 1 is 1.45 bits per heavy atom. The van der Waals surface area contributed by atoms with E-state index in [2.05, 4.69) is 5.32 Å². The molecule has 112 valence electrons. The largest absolute Gasteiger partial charge is 0.507 e. The van der Waals surface area contributed by atoms with Crippen molar-refractivity contribution < 1.29 is 19.4 Å². The van der Waals surface area contributed by atoms with Crippen LogP contribution in [0.1, 0.15) is 38.3 Å². The molecule has 0 aliphatic heterocycles. The molecule has 2 N–H and O–H groups in total. The molecule has 0 bridgehead atoms. The van der Waals surface area contributed by atoms with E-state index in [0.29, 0.717) is 31.7 Å². The SMILES string of the molecule is CCOC(=O)CCCNC(C)c1ccc(OC)cc1O. The van der Waals surface area contributed by atoms with E-state index in [4.69, 9.17) is 9.47 Å². The summed E-state index contributed by atoms with van der Waals surface area (Å²) in [5, 5.41) is 13.2. The maximum atomic E-state index is 11.2. The number of carbonyl (C=O) groups is 1. The van der Waals surface area contributed by atoms with Crippen LogP contribution in [0, 0.1) is 0 Å². The summed E-state index contributed by atoms with van der Waals surface area (Å²) < 4.78 is 9.90. The third-order valence-corrected chi connectivity index (χ3v) is 3.02. The monoisotopic (exact) mass is 281 g/mol. The molecule has 0 fully saturated rings. The lowest BCUT2D eigenvalue weighted by molar-refractivity contribution is -0.143. The molecule has 1 aromatic carbocycles. The van der Waals surface area contributed by atoms with Crippen molar-refractivity contribution in [3.8, 4) is 11.5 Å². The number of ether oxygens (including phenoxy) is 2. The van der Waals surface area contributed by atoms with Crippen LogP contribution in [0.3, 0.4) is 0 Å². The molecule has 0 aliphatic rings. The minimum atomic E-state index is -0.172. The van der Waals surface area contributed by atoms with E-state index in [1.54, 1.807) is 20.1 Å². The van der Waals surface area contributed by atoms with Crippen molar-refractivity contribution in [2.75, 3.05) is 20.3 Å². The van der Waals surface area contributed by atoms with Crippen LogP contribution in [0.5, 0.6) is 11.5 Å². The van der Waals surface area contributed by atoms with E-state index in [0.717, 1.165) is 5.56 Å². The van der Waals surface area contributed by atoms with Crippen LogP contribution in [0.15, 0.2) is 18.2 Å². The summed E-state index contributed by atoms with van der Waals surface area (Å²) in [6.07, 6.45) is 1.11. The Balaban J connectivity index is 2.39. The number of esters is 1. The van der Waals surface area contributed by atoms with E-state index in [1.165, 1.54) is 0 Å². The summed E-state index contributed by atoms with van der Waals surface area (Å²) in [6, 6.07) is 5.23. The number of phenolic OH excluding ortho intramolecular Hbond substituents is 1. The van der Waals surface area contributed by atoms with Gasteiger partial charge in [-0.3, -0.25) is 4.79 Å². The first-order valence-corrected chi connectivity index (χ1v) is 6.84. The van der Waals surface area contributed by atoms with Crippen molar-refractivity contribution in [3.05, 3.63) is 23.8 Å². The molecule has 1 aromatic rings. The van der Waals surface area contributed by atoms with Gasteiger partial charge in [-0.15, -0.1) is 0 Å². The summed E-state index contributed by atoms with van der Waals surface area (Å²) in [5.41, 5.74) is 0.807. The number of hydrogen-bond acceptors (Lipinski definition) is 5. The Morgan fingerprint density at radius 2 is 2.20 bits per heavy atom. The number of phenols is 1. The maximum Gasteiger partial charge on any atom is 0.305 e. The molecule has 0 spiro atoms. The first-order valence-electron chi connectivity index (χ1n) is 6.84. The Bertz CT molecular complexity index is 434. The molecular weight excluding hydrogens is 258 g/mol. The molecule has 0 amide bonds. The molecule has 1 atom stereocenters. The van der Waals surface area contributed by atoms with Gasteiger partial charge in [0.1, 0.15) is 11.5 Å². The number of aromatic hydroxyl groups is 1. The van der Waals surface area contributed by atoms with Crippen LogP contribution >= 0.6 is 0 Å². The zero-order chi connectivity index (χ0) is 15.0. The van der Waals surface area contributed by atoms with Crippen LogP contribution in [-0.4, -0.2) is 31.3 Å². The van der Waals surface area contributed by atoms with Crippen LogP contribution in [-0.2, 0) is 9.53 Å². The highest BCUT2D eigenvalue weighted by Gasteiger charge is 2.11. The number of rotatable bonds is 8. The zero-order valence-corrected chi connectivity index (χ0v) is 12.3. The molecule has 1 unspecified atom stereocenters. The maximum absolute atomic E-state index is 11.2. The number of carbonyl (C=O) groups excluding carboxylic acids is 1. The Kier molecular flexibility index (Phi) is 6.87. The number of nitrogens with one attached hydrogen (secondary N) is 1. The van der Waals surface area contributed by atoms with E-state index < -0.39 is 0 Å². The van der Waals surface area contributed by atoms with Crippen molar-refractivity contribution >= 4 is 5.97 Å². The summed E-state index contributed by atoms with van der Waals surface area (Å²) in [7, 11) is 1.56. The summed E-state index contributed by atoms with van der Waals surface area (Å²) in [4.78, 5) is 11.2. The molecule has 0 aromatic heterocycles. The molecule has 20 heavy (non-hydrogen) atoms. The average Bonchev–Trinajstić information content (AvgIpc) is 2.43. The molecule has 0 radical (unpaired) electrons. The fourth-order valence-electron chi connectivity index (χ4n) is 1.91. The van der Waals surface area contributed by atoms with Crippen molar-refractivity contribution in [1.29, 1.82) is 0 Å². The van der Waals surface area contributed by atoms with E-state index in [9.17, 15) is 9.90 Å². The minimum Gasteiger partial charge on any atom is -0.507 e. The van der Waals surface area contributed by atoms with Gasteiger partial charge in [-0.2, -0.15) is 0 Å². The van der Waals surface area contributed by atoms with E-state index in [1.807, 2.05) is 19.1 Å². The molecule has 0 saturated carbocycles. The second kappa shape index (κ2) is 8.43. The average molecular weight is 281 g/mol. The third-order valence-electron chi connectivity index (χ3n) is 3.02. The highest BCUT2D eigenvalue weighted by Crippen LogP contribution is 2.28. The molecule has 5 nitrogen and oxygen atoms in total. The van der Waals surface area contributed by atoms with Gasteiger partial charge in [0.2, 0.25) is 0 Å². The lowest BCUT2D eigenvalue weighted by Gasteiger charge is -2.16. The molecular formula is C15H23NO4. The predicted octanol–water partition coefficient (Wildman–Crippen LogP) is 2.39. The quantitative estimate of drug-likeness (QED) is 0.565. The highest BCUT2D eigenvalue weighted by molar-refractivity contribution is 5.69.